The Balaban J connectivity index is 2.76. The molecule has 0 saturated heterocycles. The van der Waals surface area contributed by atoms with Crippen molar-refractivity contribution in [2.45, 2.75) is 0 Å². The van der Waals surface area contributed by atoms with Crippen molar-refractivity contribution >= 4 is 16.5 Å². The molecule has 66 valence electrons. The van der Waals surface area contributed by atoms with Gasteiger partial charge < -0.3 is 4.90 Å². The van der Waals surface area contributed by atoms with Gasteiger partial charge in [0.25, 0.3) is 0 Å². The van der Waals surface area contributed by atoms with Crippen molar-refractivity contribution in [3.8, 4) is 0 Å². The highest BCUT2D eigenvalue weighted by molar-refractivity contribution is 5.94. The standard InChI is InChI=1S/C12H13N/c1-13(2)12-9-5-7-10-6-3-4-8-11(10)12/h3-9H,1-2H3/i1D3,2D3,7D. The van der Waals surface area contributed by atoms with Gasteiger partial charge >= 0.3 is 0 Å². The van der Waals surface area contributed by atoms with E-state index in [4.69, 9.17) is 9.60 Å². The maximum atomic E-state index is 7.81. The van der Waals surface area contributed by atoms with Crippen molar-refractivity contribution in [1.29, 1.82) is 0 Å². The van der Waals surface area contributed by atoms with Crippen LogP contribution >= 0.6 is 0 Å². The molecule has 2 aromatic rings. The maximum Gasteiger partial charge on any atom is 0.0629 e. The second-order valence-electron chi connectivity index (χ2n) is 2.74. The molecule has 0 bridgehead atoms. The largest absolute Gasteiger partial charge is 0.377 e. The molecule has 0 saturated carbocycles. The average molecular weight is 178 g/mol. The fraction of sp³-hybridized carbons (Fsp3) is 0.167. The number of hydrogen-bond acceptors (Lipinski definition) is 1. The van der Waals surface area contributed by atoms with Crippen LogP contribution in [0, 0.1) is 0 Å². The summed E-state index contributed by atoms with van der Waals surface area (Å²) >= 11 is 0. The van der Waals surface area contributed by atoms with Crippen molar-refractivity contribution in [2.75, 3.05) is 18.9 Å². The molecule has 0 aliphatic rings. The second-order valence-corrected chi connectivity index (χ2v) is 2.74. The first kappa shape index (κ1) is 3.33. The van der Waals surface area contributed by atoms with Crippen LogP contribution in [0.1, 0.15) is 9.60 Å². The molecule has 0 heterocycles. The topological polar surface area (TPSA) is 3.24 Å². The van der Waals surface area contributed by atoms with Crippen LogP contribution in [-0.2, 0) is 0 Å². The van der Waals surface area contributed by atoms with Crippen molar-refractivity contribution in [3.05, 3.63) is 42.4 Å². The molecule has 0 radical (unpaired) electrons. The highest BCUT2D eigenvalue weighted by Gasteiger charge is 1.99. The van der Waals surface area contributed by atoms with E-state index in [2.05, 4.69) is 0 Å². The van der Waals surface area contributed by atoms with E-state index < -0.39 is 14.0 Å². The number of rotatable bonds is 1. The minimum absolute atomic E-state index is 0.0802. The predicted octanol–water partition coefficient (Wildman–Crippen LogP) is 2.91. The van der Waals surface area contributed by atoms with E-state index in [1.165, 1.54) is 12.1 Å². The Labute approximate surface area is 88.4 Å². The van der Waals surface area contributed by atoms with Gasteiger partial charge in [-0.1, -0.05) is 36.4 Å². The molecule has 0 aliphatic heterocycles. The summed E-state index contributed by atoms with van der Waals surface area (Å²) in [7, 11) is 0. The molecule has 0 unspecified atom stereocenters. The number of hydrogen-bond donors (Lipinski definition) is 0. The van der Waals surface area contributed by atoms with Gasteiger partial charge in [0.2, 0.25) is 0 Å². The quantitative estimate of drug-likeness (QED) is 0.649. The molecule has 0 amide bonds. The van der Waals surface area contributed by atoms with Gasteiger partial charge in [-0.25, -0.2) is 0 Å². The highest BCUT2D eigenvalue weighted by Crippen LogP contribution is 2.24. The molecule has 0 spiro atoms. The molecule has 0 N–H and O–H groups in total. The summed E-state index contributed by atoms with van der Waals surface area (Å²) in [5, 5.41) is 0.954. The summed E-state index contributed by atoms with van der Waals surface area (Å²) in [6.45, 7) is -5.59. The minimum atomic E-state index is -2.79. The van der Waals surface area contributed by atoms with Crippen LogP contribution in [-0.4, -0.2) is 14.0 Å². The van der Waals surface area contributed by atoms with Crippen LogP contribution in [0.25, 0.3) is 10.8 Å². The number of anilines is 1. The third-order valence-corrected chi connectivity index (χ3v) is 1.92. The summed E-state index contributed by atoms with van der Waals surface area (Å²) in [6, 6.07) is 9.68. The summed E-state index contributed by atoms with van der Waals surface area (Å²) in [6.07, 6.45) is 0. The number of fused-ring (bicyclic) bond motifs is 1. The smallest absolute Gasteiger partial charge is 0.0629 e. The van der Waals surface area contributed by atoms with E-state index >= 15 is 0 Å². The van der Waals surface area contributed by atoms with E-state index in [1.807, 2.05) is 0 Å². The Kier molecular flexibility index (Phi) is 0.794. The van der Waals surface area contributed by atoms with E-state index in [1.54, 1.807) is 24.3 Å². The van der Waals surface area contributed by atoms with Crippen molar-refractivity contribution < 1.29 is 9.60 Å². The normalized spacial score (nSPS) is 20.2. The molecule has 2 rings (SSSR count). The Morgan fingerprint density at radius 2 is 2.00 bits per heavy atom. The lowest BCUT2D eigenvalue weighted by Gasteiger charge is -2.14. The maximum absolute atomic E-state index is 7.81. The molecule has 2 aromatic carbocycles. The molecule has 1 heteroatoms. The van der Waals surface area contributed by atoms with Gasteiger partial charge in [-0.15, -0.1) is 0 Å². The first-order valence-electron chi connectivity index (χ1n) is 7.41. The van der Waals surface area contributed by atoms with Gasteiger partial charge in [-0.05, 0) is 11.5 Å². The lowest BCUT2D eigenvalue weighted by Crippen LogP contribution is -2.08. The zero-order chi connectivity index (χ0) is 15.1. The van der Waals surface area contributed by atoms with Crippen LogP contribution in [0.3, 0.4) is 0 Å². The van der Waals surface area contributed by atoms with E-state index in [0.29, 0.717) is 15.7 Å². The molecule has 0 aliphatic carbocycles. The Morgan fingerprint density at radius 1 is 1.15 bits per heavy atom. The molecular weight excluding hydrogens is 158 g/mol. The zero-order valence-electron chi connectivity index (χ0n) is 13.9. The van der Waals surface area contributed by atoms with Gasteiger partial charge in [0.05, 0.1) is 1.37 Å². The fourth-order valence-corrected chi connectivity index (χ4v) is 1.33. The SMILES string of the molecule is [2H]c1ccc(N(C([2H])([2H])[2H])C([2H])([2H])[2H])c2ccccc12. The Morgan fingerprint density at radius 3 is 2.85 bits per heavy atom. The third kappa shape index (κ3) is 1.37. The lowest BCUT2D eigenvalue weighted by atomic mass is 10.1. The summed E-state index contributed by atoms with van der Waals surface area (Å²) < 4.78 is 52.6. The average Bonchev–Trinajstić information content (AvgIpc) is 2.29. The van der Waals surface area contributed by atoms with Gasteiger partial charge in [0.1, 0.15) is 0 Å². The Hall–Kier alpha value is -1.50. The van der Waals surface area contributed by atoms with Crippen LogP contribution in [0.4, 0.5) is 5.69 Å². The summed E-state index contributed by atoms with van der Waals surface area (Å²) in [5.41, 5.74) is 0.0802. The van der Waals surface area contributed by atoms with E-state index in [-0.39, 0.29) is 11.7 Å². The van der Waals surface area contributed by atoms with E-state index in [0.717, 1.165) is 0 Å². The van der Waals surface area contributed by atoms with Crippen molar-refractivity contribution in [3.63, 3.8) is 0 Å². The number of benzene rings is 2. The Bertz CT molecular complexity index is 616. The molecule has 13 heavy (non-hydrogen) atoms. The summed E-state index contributed by atoms with van der Waals surface area (Å²) in [5.74, 6) is 0. The molecular formula is C12H13N. The van der Waals surface area contributed by atoms with Gasteiger partial charge in [-0.2, -0.15) is 0 Å². The fourth-order valence-electron chi connectivity index (χ4n) is 1.33. The van der Waals surface area contributed by atoms with Gasteiger partial charge in [0.15, 0.2) is 0 Å². The highest BCUT2D eigenvalue weighted by atomic mass is 15.1. The number of nitrogens with zero attached hydrogens (tertiary/aromatic N) is 1. The summed E-state index contributed by atoms with van der Waals surface area (Å²) in [4.78, 5) is 0.446. The predicted molar refractivity (Wildman–Crippen MR) is 58.3 cm³/mol. The molecule has 0 atom stereocenters. The molecule has 1 nitrogen and oxygen atoms in total. The first-order chi connectivity index (χ1) is 9.12. The zero-order valence-corrected chi connectivity index (χ0v) is 6.91. The molecule has 0 fully saturated rings. The van der Waals surface area contributed by atoms with Crippen LogP contribution in [0.5, 0.6) is 0 Å². The van der Waals surface area contributed by atoms with Crippen molar-refractivity contribution in [1.82, 2.24) is 0 Å². The second kappa shape index (κ2) is 3.09. The monoisotopic (exact) mass is 178 g/mol. The van der Waals surface area contributed by atoms with Gasteiger partial charge in [0, 0.05) is 33.2 Å². The van der Waals surface area contributed by atoms with Crippen LogP contribution in [0.2, 0.25) is 0 Å². The lowest BCUT2D eigenvalue weighted by molar-refractivity contribution is 1.14. The minimum Gasteiger partial charge on any atom is -0.377 e. The van der Waals surface area contributed by atoms with Gasteiger partial charge in [-0.3, -0.25) is 0 Å². The van der Waals surface area contributed by atoms with E-state index in [9.17, 15) is 0 Å². The first-order valence-corrected chi connectivity index (χ1v) is 3.91. The van der Waals surface area contributed by atoms with Crippen LogP contribution in [0.15, 0.2) is 42.4 Å². The van der Waals surface area contributed by atoms with Crippen LogP contribution < -0.4 is 4.90 Å². The third-order valence-electron chi connectivity index (χ3n) is 1.92. The molecule has 0 aromatic heterocycles. The van der Waals surface area contributed by atoms with Crippen molar-refractivity contribution in [2.24, 2.45) is 0 Å².